The summed E-state index contributed by atoms with van der Waals surface area (Å²) in [7, 11) is 1.62. The zero-order chi connectivity index (χ0) is 20.2. The number of benzene rings is 2. The zero-order valence-corrected chi connectivity index (χ0v) is 16.1. The van der Waals surface area contributed by atoms with Crippen molar-refractivity contribution < 1.29 is 18.8 Å². The minimum absolute atomic E-state index is 0.202. The molecule has 0 aliphatic carbocycles. The lowest BCUT2D eigenvalue weighted by molar-refractivity contribution is 0.0651. The van der Waals surface area contributed by atoms with E-state index in [0.29, 0.717) is 35.8 Å². The van der Waals surface area contributed by atoms with Crippen molar-refractivity contribution in [1.29, 1.82) is 0 Å². The normalized spacial score (nSPS) is 13.1. The van der Waals surface area contributed by atoms with Gasteiger partial charge in [0.1, 0.15) is 5.75 Å². The van der Waals surface area contributed by atoms with E-state index in [1.165, 1.54) is 4.90 Å². The number of aromatic nitrogens is 2. The molecule has 0 atom stereocenters. The molecule has 2 heterocycles. The van der Waals surface area contributed by atoms with E-state index in [4.69, 9.17) is 9.26 Å². The first kappa shape index (κ1) is 18.9. The quantitative estimate of drug-likeness (QED) is 0.429. The maximum absolute atomic E-state index is 12.3. The fourth-order valence-corrected chi connectivity index (χ4v) is 3.38. The Morgan fingerprint density at radius 1 is 0.931 bits per heavy atom. The molecule has 29 heavy (non-hydrogen) atoms. The van der Waals surface area contributed by atoms with Crippen LogP contribution in [0.15, 0.2) is 53.1 Å². The number of unbranched alkanes of at least 4 members (excludes halogenated alkanes) is 2. The SMILES string of the molecule is COc1ccc(-c2noc(CCCCCN3C(=O)c4ccccc4C3=O)n2)cc1. The summed E-state index contributed by atoms with van der Waals surface area (Å²) in [6.07, 6.45) is 3.09. The Bertz CT molecular complexity index is 992. The maximum atomic E-state index is 12.3. The molecule has 0 N–H and O–H groups in total. The molecule has 0 bridgehead atoms. The third-order valence-electron chi connectivity index (χ3n) is 4.97. The Labute approximate surface area is 168 Å². The molecule has 0 fully saturated rings. The summed E-state index contributed by atoms with van der Waals surface area (Å²) in [4.78, 5) is 30.4. The molecule has 7 nitrogen and oxygen atoms in total. The van der Waals surface area contributed by atoms with E-state index in [1.54, 1.807) is 31.4 Å². The predicted molar refractivity (Wildman–Crippen MR) is 106 cm³/mol. The highest BCUT2D eigenvalue weighted by molar-refractivity contribution is 6.21. The standard InChI is InChI=1S/C22H21N3O4/c1-28-16-12-10-15(11-13-16)20-23-19(29-24-20)9-3-2-6-14-25-21(26)17-7-4-5-8-18(17)22(25)27/h4-5,7-8,10-13H,2-3,6,9,14H2,1H3. The highest BCUT2D eigenvalue weighted by Crippen LogP contribution is 2.23. The van der Waals surface area contributed by atoms with Crippen LogP contribution in [0.4, 0.5) is 0 Å². The fraction of sp³-hybridized carbons (Fsp3) is 0.273. The number of ether oxygens (including phenoxy) is 1. The van der Waals surface area contributed by atoms with E-state index in [9.17, 15) is 9.59 Å². The molecule has 1 aliphatic rings. The summed E-state index contributed by atoms with van der Waals surface area (Å²) in [5, 5.41) is 4.02. The van der Waals surface area contributed by atoms with Gasteiger partial charge < -0.3 is 9.26 Å². The summed E-state index contributed by atoms with van der Waals surface area (Å²) >= 11 is 0. The van der Waals surface area contributed by atoms with Crippen LogP contribution in [0.1, 0.15) is 45.9 Å². The van der Waals surface area contributed by atoms with E-state index in [1.807, 2.05) is 24.3 Å². The van der Waals surface area contributed by atoms with Gasteiger partial charge in [-0.3, -0.25) is 14.5 Å². The molecule has 0 radical (unpaired) electrons. The Kier molecular flexibility index (Phi) is 5.37. The second-order valence-electron chi connectivity index (χ2n) is 6.86. The Morgan fingerprint density at radius 2 is 1.62 bits per heavy atom. The number of hydrogen-bond acceptors (Lipinski definition) is 6. The first-order chi connectivity index (χ1) is 14.2. The molecule has 7 heteroatoms. The highest BCUT2D eigenvalue weighted by Gasteiger charge is 2.34. The number of hydrogen-bond donors (Lipinski definition) is 0. The van der Waals surface area contributed by atoms with Gasteiger partial charge in [-0.15, -0.1) is 0 Å². The monoisotopic (exact) mass is 391 g/mol. The van der Waals surface area contributed by atoms with Gasteiger partial charge in [0, 0.05) is 18.5 Å². The first-order valence-electron chi connectivity index (χ1n) is 9.59. The third kappa shape index (κ3) is 3.89. The topological polar surface area (TPSA) is 85.5 Å². The van der Waals surface area contributed by atoms with Crippen molar-refractivity contribution in [2.45, 2.75) is 25.7 Å². The van der Waals surface area contributed by atoms with E-state index in [-0.39, 0.29) is 11.8 Å². The molecule has 0 saturated carbocycles. The Hall–Kier alpha value is -3.48. The molecule has 1 aliphatic heterocycles. The molecule has 0 spiro atoms. The van der Waals surface area contributed by atoms with Crippen molar-refractivity contribution in [3.05, 3.63) is 65.5 Å². The number of rotatable bonds is 8. The van der Waals surface area contributed by atoms with Gasteiger partial charge in [-0.2, -0.15) is 4.98 Å². The Morgan fingerprint density at radius 3 is 2.28 bits per heavy atom. The van der Waals surface area contributed by atoms with Crippen LogP contribution in [-0.4, -0.2) is 40.5 Å². The van der Waals surface area contributed by atoms with Crippen molar-refractivity contribution in [3.63, 3.8) is 0 Å². The van der Waals surface area contributed by atoms with E-state index in [2.05, 4.69) is 10.1 Å². The zero-order valence-electron chi connectivity index (χ0n) is 16.1. The molecule has 4 rings (SSSR count). The van der Waals surface area contributed by atoms with E-state index >= 15 is 0 Å². The molecule has 148 valence electrons. The lowest BCUT2D eigenvalue weighted by Crippen LogP contribution is -2.30. The summed E-state index contributed by atoms with van der Waals surface area (Å²) < 4.78 is 10.5. The minimum atomic E-state index is -0.202. The van der Waals surface area contributed by atoms with Crippen LogP contribution in [0.5, 0.6) is 5.75 Å². The number of carbonyl (C=O) groups excluding carboxylic acids is 2. The second kappa shape index (κ2) is 8.26. The third-order valence-corrected chi connectivity index (χ3v) is 4.97. The maximum Gasteiger partial charge on any atom is 0.261 e. The number of imide groups is 1. The van der Waals surface area contributed by atoms with Crippen molar-refractivity contribution in [3.8, 4) is 17.1 Å². The van der Waals surface area contributed by atoms with Gasteiger partial charge in [0.15, 0.2) is 0 Å². The van der Waals surface area contributed by atoms with Gasteiger partial charge >= 0.3 is 0 Å². The van der Waals surface area contributed by atoms with Gasteiger partial charge in [-0.1, -0.05) is 23.7 Å². The largest absolute Gasteiger partial charge is 0.497 e. The Balaban J connectivity index is 1.24. The molecular weight excluding hydrogens is 370 g/mol. The average Bonchev–Trinajstić information content (AvgIpc) is 3.32. The summed E-state index contributed by atoms with van der Waals surface area (Å²) in [5.74, 6) is 1.50. The van der Waals surface area contributed by atoms with Crippen LogP contribution in [0.3, 0.4) is 0 Å². The molecule has 2 amide bonds. The van der Waals surface area contributed by atoms with Crippen LogP contribution < -0.4 is 4.74 Å². The van der Waals surface area contributed by atoms with E-state index < -0.39 is 0 Å². The molecule has 1 aromatic heterocycles. The van der Waals surface area contributed by atoms with Gasteiger partial charge in [0.25, 0.3) is 11.8 Å². The number of methoxy groups -OCH3 is 1. The lowest BCUT2D eigenvalue weighted by atomic mass is 10.1. The highest BCUT2D eigenvalue weighted by atomic mass is 16.5. The van der Waals surface area contributed by atoms with Gasteiger partial charge in [0.05, 0.1) is 18.2 Å². The van der Waals surface area contributed by atoms with Crippen LogP contribution in [0.25, 0.3) is 11.4 Å². The molecule has 2 aromatic carbocycles. The van der Waals surface area contributed by atoms with Crippen LogP contribution in [0, 0.1) is 0 Å². The lowest BCUT2D eigenvalue weighted by Gasteiger charge is -2.13. The molecular formula is C22H21N3O4. The first-order valence-corrected chi connectivity index (χ1v) is 9.59. The van der Waals surface area contributed by atoms with Crippen molar-refractivity contribution in [1.82, 2.24) is 15.0 Å². The number of aryl methyl sites for hydroxylation is 1. The number of carbonyl (C=O) groups is 2. The van der Waals surface area contributed by atoms with Gasteiger partial charge in [0.2, 0.25) is 11.7 Å². The summed E-state index contributed by atoms with van der Waals surface area (Å²) in [5.41, 5.74) is 1.86. The minimum Gasteiger partial charge on any atom is -0.497 e. The van der Waals surface area contributed by atoms with Gasteiger partial charge in [-0.05, 0) is 49.2 Å². The van der Waals surface area contributed by atoms with Crippen molar-refractivity contribution >= 4 is 11.8 Å². The summed E-state index contributed by atoms with van der Waals surface area (Å²) in [6, 6.07) is 14.4. The van der Waals surface area contributed by atoms with Crippen LogP contribution in [-0.2, 0) is 6.42 Å². The van der Waals surface area contributed by atoms with E-state index in [0.717, 1.165) is 30.6 Å². The number of fused-ring (bicyclic) bond motifs is 1. The smallest absolute Gasteiger partial charge is 0.261 e. The number of nitrogens with zero attached hydrogens (tertiary/aromatic N) is 3. The summed E-state index contributed by atoms with van der Waals surface area (Å²) in [6.45, 7) is 0.424. The van der Waals surface area contributed by atoms with Crippen molar-refractivity contribution in [2.75, 3.05) is 13.7 Å². The number of amides is 2. The molecule has 0 saturated heterocycles. The molecule has 3 aromatic rings. The average molecular weight is 391 g/mol. The van der Waals surface area contributed by atoms with Crippen LogP contribution in [0.2, 0.25) is 0 Å². The van der Waals surface area contributed by atoms with Crippen molar-refractivity contribution in [2.24, 2.45) is 0 Å². The second-order valence-corrected chi connectivity index (χ2v) is 6.86. The van der Waals surface area contributed by atoms with Gasteiger partial charge in [-0.25, -0.2) is 0 Å². The predicted octanol–water partition coefficient (Wildman–Crippen LogP) is 3.75. The fourth-order valence-electron chi connectivity index (χ4n) is 3.38. The van der Waals surface area contributed by atoms with Crippen LogP contribution >= 0.6 is 0 Å². The molecule has 0 unspecified atom stereocenters.